The topological polar surface area (TPSA) is 125 Å². The molecule has 1 N–H and O–H groups in total. The number of aromatic carboxylic acids is 1. The number of carboxylic acid groups (broad SMARTS) is 1. The number of aromatic nitrogens is 2. The van der Waals surface area contributed by atoms with E-state index in [9.17, 15) is 14.7 Å². The molecule has 10 nitrogen and oxygen atoms in total. The van der Waals surface area contributed by atoms with Gasteiger partial charge in [0.15, 0.2) is 17.3 Å². The first-order chi connectivity index (χ1) is 21.4. The van der Waals surface area contributed by atoms with Crippen LogP contribution in [0, 0.1) is 0 Å². The fourth-order valence-electron chi connectivity index (χ4n) is 4.72. The van der Waals surface area contributed by atoms with Crippen LogP contribution in [-0.4, -0.2) is 41.2 Å². The van der Waals surface area contributed by atoms with E-state index >= 15 is 0 Å². The van der Waals surface area contributed by atoms with Gasteiger partial charge in [-0.1, -0.05) is 41.9 Å². The van der Waals surface area contributed by atoms with Crippen molar-refractivity contribution in [1.29, 1.82) is 0 Å². The molecule has 0 radical (unpaired) electrons. The molecule has 0 aliphatic heterocycles. The molecule has 44 heavy (non-hydrogen) atoms. The Hall–Kier alpha value is -5.61. The van der Waals surface area contributed by atoms with Crippen LogP contribution in [0.2, 0.25) is 5.02 Å². The summed E-state index contributed by atoms with van der Waals surface area (Å²) in [6.45, 7) is 0.0995. The molecule has 0 spiro atoms. The number of carboxylic acids is 1. The summed E-state index contributed by atoms with van der Waals surface area (Å²) in [5.41, 5.74) is 1.95. The molecular formula is C33H24ClN3O7. The van der Waals surface area contributed by atoms with Gasteiger partial charge in [-0.25, -0.2) is 9.78 Å². The Labute approximate surface area is 255 Å². The van der Waals surface area contributed by atoms with Gasteiger partial charge >= 0.3 is 5.97 Å². The van der Waals surface area contributed by atoms with Crippen molar-refractivity contribution in [2.45, 2.75) is 6.61 Å². The van der Waals surface area contributed by atoms with Crippen LogP contribution in [-0.2, 0) is 6.61 Å². The van der Waals surface area contributed by atoms with Gasteiger partial charge in [-0.2, -0.15) is 9.78 Å². The van der Waals surface area contributed by atoms with Gasteiger partial charge in [0.25, 0.3) is 5.56 Å². The van der Waals surface area contributed by atoms with Crippen LogP contribution in [0.25, 0.3) is 33.5 Å². The first-order valence-corrected chi connectivity index (χ1v) is 13.7. The Kier molecular flexibility index (Phi) is 7.74. The molecule has 0 amide bonds. The van der Waals surface area contributed by atoms with E-state index in [-0.39, 0.29) is 18.0 Å². The molecule has 2 heterocycles. The van der Waals surface area contributed by atoms with Crippen LogP contribution in [0.4, 0.5) is 0 Å². The number of methoxy groups -OCH3 is 2. The average molecular weight is 610 g/mol. The largest absolute Gasteiger partial charge is 0.496 e. The molecule has 6 aromatic rings. The van der Waals surface area contributed by atoms with Crippen LogP contribution in [0.5, 0.6) is 17.2 Å². The first-order valence-electron chi connectivity index (χ1n) is 13.3. The predicted octanol–water partition coefficient (Wildman–Crippen LogP) is 6.64. The number of ether oxygens (including phenoxy) is 3. The fraction of sp³-hybridized carbons (Fsp3) is 0.0909. The van der Waals surface area contributed by atoms with Gasteiger partial charge in [0.1, 0.15) is 17.9 Å². The maximum atomic E-state index is 13.8. The third kappa shape index (κ3) is 5.46. The number of rotatable bonds is 9. The van der Waals surface area contributed by atoms with E-state index in [2.05, 4.69) is 5.10 Å². The van der Waals surface area contributed by atoms with E-state index in [1.807, 2.05) is 12.1 Å². The minimum atomic E-state index is -1.02. The zero-order valence-corrected chi connectivity index (χ0v) is 24.2. The van der Waals surface area contributed by atoms with Gasteiger partial charge < -0.3 is 23.7 Å². The van der Waals surface area contributed by atoms with Gasteiger partial charge in [-0.05, 0) is 54.1 Å². The molecule has 0 unspecified atom stereocenters. The Morgan fingerprint density at radius 1 is 0.977 bits per heavy atom. The molecule has 4 aromatic carbocycles. The maximum absolute atomic E-state index is 13.8. The summed E-state index contributed by atoms with van der Waals surface area (Å²) in [6, 6.07) is 23.7. The second-order valence-corrected chi connectivity index (χ2v) is 10.1. The summed E-state index contributed by atoms with van der Waals surface area (Å²) in [6.07, 6.45) is 1.43. The zero-order valence-electron chi connectivity index (χ0n) is 23.5. The summed E-state index contributed by atoms with van der Waals surface area (Å²) >= 11 is 6.40. The molecule has 6 rings (SSSR count). The highest BCUT2D eigenvalue weighted by Crippen LogP contribution is 2.35. The summed E-state index contributed by atoms with van der Waals surface area (Å²) in [5, 5.41) is 15.2. The highest BCUT2D eigenvalue weighted by Gasteiger charge is 2.19. The number of benzene rings is 4. The molecule has 0 aliphatic rings. The van der Waals surface area contributed by atoms with Gasteiger partial charge in [0.2, 0.25) is 5.82 Å². The molecule has 2 aromatic heterocycles. The number of furan rings is 1. The predicted molar refractivity (Wildman–Crippen MR) is 166 cm³/mol. The molecule has 0 bridgehead atoms. The highest BCUT2D eigenvalue weighted by atomic mass is 35.5. The average Bonchev–Trinajstić information content (AvgIpc) is 3.48. The molecular weight excluding hydrogens is 586 g/mol. The Balaban J connectivity index is 1.45. The zero-order chi connectivity index (χ0) is 30.8. The Morgan fingerprint density at radius 2 is 1.75 bits per heavy atom. The number of para-hydroxylation sites is 1. The van der Waals surface area contributed by atoms with Crippen LogP contribution in [0.15, 0.2) is 99.2 Å². The van der Waals surface area contributed by atoms with E-state index in [4.69, 9.17) is 35.2 Å². The first kappa shape index (κ1) is 28.5. The standard InChI is InChI=1S/C33H24ClN3O7/c1-41-26-8-5-9-27-24(26)16-29(44-27)31-36-25-7-4-3-6-23(25)32(38)37(31)35-17-21-14-22(34)15-28(42-2)30(21)43-18-19-10-12-20(13-11-19)33(39)40/h3-17H,18H2,1-2H3,(H,39,40). The number of halogens is 1. The summed E-state index contributed by atoms with van der Waals surface area (Å²) in [5.74, 6) is 0.748. The van der Waals surface area contributed by atoms with Crippen LogP contribution >= 0.6 is 11.6 Å². The molecule has 0 fully saturated rings. The van der Waals surface area contributed by atoms with Crippen LogP contribution < -0.4 is 19.8 Å². The lowest BCUT2D eigenvalue weighted by molar-refractivity contribution is 0.0697. The van der Waals surface area contributed by atoms with Gasteiger partial charge in [-0.3, -0.25) is 4.79 Å². The van der Waals surface area contributed by atoms with Crippen molar-refractivity contribution >= 4 is 45.7 Å². The van der Waals surface area contributed by atoms with Crippen molar-refractivity contribution in [3.8, 4) is 28.8 Å². The lowest BCUT2D eigenvalue weighted by Gasteiger charge is -2.14. The monoisotopic (exact) mass is 609 g/mol. The van der Waals surface area contributed by atoms with Crippen molar-refractivity contribution in [2.24, 2.45) is 5.10 Å². The lowest BCUT2D eigenvalue weighted by atomic mass is 10.1. The van der Waals surface area contributed by atoms with E-state index in [0.717, 1.165) is 15.6 Å². The van der Waals surface area contributed by atoms with Crippen molar-refractivity contribution in [2.75, 3.05) is 14.2 Å². The third-order valence-electron chi connectivity index (χ3n) is 6.88. The summed E-state index contributed by atoms with van der Waals surface area (Å²) in [4.78, 5) is 29.7. The van der Waals surface area contributed by atoms with E-state index in [1.54, 1.807) is 67.8 Å². The van der Waals surface area contributed by atoms with E-state index in [0.29, 0.717) is 50.1 Å². The molecule has 220 valence electrons. The lowest BCUT2D eigenvalue weighted by Crippen LogP contribution is -2.20. The highest BCUT2D eigenvalue weighted by molar-refractivity contribution is 6.31. The van der Waals surface area contributed by atoms with Crippen molar-refractivity contribution in [1.82, 2.24) is 9.66 Å². The number of nitrogens with zero attached hydrogens (tertiary/aromatic N) is 3. The quantitative estimate of drug-likeness (QED) is 0.181. The molecule has 0 saturated heterocycles. The van der Waals surface area contributed by atoms with E-state index in [1.165, 1.54) is 25.5 Å². The van der Waals surface area contributed by atoms with Gasteiger partial charge in [-0.15, -0.1) is 0 Å². The van der Waals surface area contributed by atoms with Crippen molar-refractivity contribution < 1.29 is 28.5 Å². The van der Waals surface area contributed by atoms with Gasteiger partial charge in [0, 0.05) is 16.7 Å². The second-order valence-electron chi connectivity index (χ2n) is 9.61. The minimum Gasteiger partial charge on any atom is -0.496 e. The number of fused-ring (bicyclic) bond motifs is 2. The summed E-state index contributed by atoms with van der Waals surface area (Å²) in [7, 11) is 3.05. The number of carbonyl (C=O) groups is 1. The SMILES string of the molecule is COc1cc(Cl)cc(C=Nn2c(-c3cc4c(OC)cccc4o3)nc3ccccc3c2=O)c1OCc1ccc(C(=O)O)cc1. The summed E-state index contributed by atoms with van der Waals surface area (Å²) < 4.78 is 24.4. The van der Waals surface area contributed by atoms with Gasteiger partial charge in [0.05, 0.1) is 42.3 Å². The normalized spacial score (nSPS) is 11.3. The molecule has 0 saturated carbocycles. The molecule has 0 atom stereocenters. The minimum absolute atomic E-state index is 0.0995. The van der Waals surface area contributed by atoms with Crippen molar-refractivity contribution in [3.63, 3.8) is 0 Å². The fourth-order valence-corrected chi connectivity index (χ4v) is 4.94. The Morgan fingerprint density at radius 3 is 2.50 bits per heavy atom. The van der Waals surface area contributed by atoms with Crippen LogP contribution in [0.1, 0.15) is 21.5 Å². The van der Waals surface area contributed by atoms with Crippen molar-refractivity contribution in [3.05, 3.63) is 117 Å². The maximum Gasteiger partial charge on any atom is 0.335 e. The number of hydrogen-bond acceptors (Lipinski definition) is 8. The smallest absolute Gasteiger partial charge is 0.335 e. The number of hydrogen-bond donors (Lipinski definition) is 1. The second kappa shape index (κ2) is 11.9. The Bertz CT molecular complexity index is 2120. The molecule has 11 heteroatoms. The van der Waals surface area contributed by atoms with E-state index < -0.39 is 11.5 Å². The third-order valence-corrected chi connectivity index (χ3v) is 7.10. The molecule has 0 aliphatic carbocycles. The van der Waals surface area contributed by atoms with Crippen LogP contribution in [0.3, 0.4) is 0 Å².